The molecule has 0 radical (unpaired) electrons. The van der Waals surface area contributed by atoms with Crippen LogP contribution in [0.25, 0.3) is 5.57 Å². The van der Waals surface area contributed by atoms with E-state index in [9.17, 15) is 14.6 Å². The minimum Gasteiger partial charge on any atom is -0.392 e. The predicted octanol–water partition coefficient (Wildman–Crippen LogP) is 5.28. The van der Waals surface area contributed by atoms with Crippen LogP contribution in [0.1, 0.15) is 49.0 Å². The molecule has 2 aromatic rings. The van der Waals surface area contributed by atoms with E-state index in [4.69, 9.17) is 21.1 Å². The number of aryl methyl sites for hydroxylation is 1. The number of benzene rings is 2. The van der Waals surface area contributed by atoms with Gasteiger partial charge in [-0.3, -0.25) is 0 Å². The van der Waals surface area contributed by atoms with Crippen molar-refractivity contribution in [3.8, 4) is 0 Å². The topological polar surface area (TPSA) is 74.2 Å². The van der Waals surface area contributed by atoms with Gasteiger partial charge in [0, 0.05) is 32.1 Å². The molecule has 0 spiro atoms. The van der Waals surface area contributed by atoms with Crippen molar-refractivity contribution in [2.45, 2.75) is 51.1 Å². The molecule has 2 aromatic carbocycles. The van der Waals surface area contributed by atoms with E-state index in [-0.39, 0.29) is 17.0 Å². The van der Waals surface area contributed by atoms with Crippen molar-refractivity contribution >= 4 is 17.2 Å². The summed E-state index contributed by atoms with van der Waals surface area (Å²) in [6.45, 7) is 8.80. The lowest BCUT2D eigenvalue weighted by molar-refractivity contribution is -0.223. The van der Waals surface area contributed by atoms with Crippen LogP contribution in [-0.4, -0.2) is 72.9 Å². The van der Waals surface area contributed by atoms with Gasteiger partial charge in [-0.25, -0.2) is 4.39 Å². The van der Waals surface area contributed by atoms with Crippen molar-refractivity contribution in [2.75, 3.05) is 45.9 Å². The molecule has 1 heterocycles. The number of ether oxygens (including phenoxy) is 2. The molecular weight excluding hydrogens is 531 g/mol. The summed E-state index contributed by atoms with van der Waals surface area (Å²) >= 11 is 5.84. The average Bonchev–Trinajstić information content (AvgIpc) is 3.36. The largest absolute Gasteiger partial charge is 0.392 e. The number of halogens is 2. The van der Waals surface area contributed by atoms with Gasteiger partial charge in [0.05, 0.1) is 30.4 Å². The number of rotatable bonds is 14. The first-order chi connectivity index (χ1) is 19.3. The number of β-amino-alcohol motifs (C(OH)–C–C–N with tert-alkyl or cyclic N) is 1. The Morgan fingerprint density at radius 3 is 2.67 bits per heavy atom. The molecular formula is C32H42ClFN2O4. The number of aliphatic hydroxyl groups is 2. The Morgan fingerprint density at radius 2 is 1.95 bits per heavy atom. The maximum absolute atomic E-state index is 13.4. The fraction of sp³-hybridized carbons (Fsp3) is 0.500. The number of likely N-dealkylation sites (tertiary alicyclic amines) is 1. The maximum atomic E-state index is 13.4. The molecule has 40 heavy (non-hydrogen) atoms. The molecule has 0 aromatic heterocycles. The highest BCUT2D eigenvalue weighted by Gasteiger charge is 2.40. The summed E-state index contributed by atoms with van der Waals surface area (Å²) in [5.41, 5.74) is 4.16. The molecule has 0 amide bonds. The van der Waals surface area contributed by atoms with Gasteiger partial charge in [-0.2, -0.15) is 0 Å². The standard InChI is InChI=1S/C32H42ClFN2O4/c1-23-8-3-4-9-27(23)28-10-5-14-32(24(28)2,40-19-7-16-36-17-13-26(37)22-36)39-18-6-15-35-21-31(38)25-11-12-30(34)29(33)20-25/h3-5,8-12,14,20,24,26,31,35,37-38H,6-7,13,15-19,21-22H2,1-2H3/t24?,26-,31?,32?/m1/s1. The zero-order valence-electron chi connectivity index (χ0n) is 23.5. The third kappa shape index (κ3) is 8.01. The first-order valence-electron chi connectivity index (χ1n) is 14.3. The van der Waals surface area contributed by atoms with Crippen molar-refractivity contribution in [3.63, 3.8) is 0 Å². The highest BCUT2D eigenvalue weighted by molar-refractivity contribution is 6.30. The summed E-state index contributed by atoms with van der Waals surface area (Å²) in [5, 5.41) is 23.5. The minimum atomic E-state index is -0.888. The van der Waals surface area contributed by atoms with Crippen LogP contribution >= 0.6 is 11.6 Å². The Kier molecular flexibility index (Phi) is 11.3. The third-order valence-electron chi connectivity index (χ3n) is 7.82. The Labute approximate surface area is 242 Å². The Balaban J connectivity index is 1.32. The monoisotopic (exact) mass is 572 g/mol. The molecule has 1 fully saturated rings. The summed E-state index contributed by atoms with van der Waals surface area (Å²) in [7, 11) is 0. The van der Waals surface area contributed by atoms with Gasteiger partial charge in [-0.1, -0.05) is 61.0 Å². The van der Waals surface area contributed by atoms with Crippen LogP contribution in [0.4, 0.5) is 4.39 Å². The molecule has 0 bridgehead atoms. The van der Waals surface area contributed by atoms with E-state index in [1.807, 2.05) is 18.2 Å². The van der Waals surface area contributed by atoms with Gasteiger partial charge in [0.2, 0.25) is 0 Å². The van der Waals surface area contributed by atoms with Gasteiger partial charge < -0.3 is 29.9 Å². The number of aliphatic hydroxyl groups excluding tert-OH is 2. The van der Waals surface area contributed by atoms with Crippen LogP contribution < -0.4 is 5.32 Å². The van der Waals surface area contributed by atoms with E-state index in [1.54, 1.807) is 6.07 Å². The smallest absolute Gasteiger partial charge is 0.194 e. The highest BCUT2D eigenvalue weighted by atomic mass is 35.5. The van der Waals surface area contributed by atoms with Crippen LogP contribution in [0.15, 0.2) is 60.7 Å². The fourth-order valence-corrected chi connectivity index (χ4v) is 5.63. The van der Waals surface area contributed by atoms with Gasteiger partial charge in [0.1, 0.15) is 5.82 Å². The first-order valence-corrected chi connectivity index (χ1v) is 14.6. The average molecular weight is 573 g/mol. The summed E-state index contributed by atoms with van der Waals surface area (Å²) in [6, 6.07) is 12.6. The lowest BCUT2D eigenvalue weighted by Gasteiger charge is -2.40. The lowest BCUT2D eigenvalue weighted by Crippen LogP contribution is -2.43. The Hall–Kier alpha value is -2.10. The highest BCUT2D eigenvalue weighted by Crippen LogP contribution is 2.40. The van der Waals surface area contributed by atoms with Crippen molar-refractivity contribution in [3.05, 3.63) is 88.2 Å². The second kappa shape index (κ2) is 14.7. The van der Waals surface area contributed by atoms with Crippen LogP contribution in [0.3, 0.4) is 0 Å². The zero-order chi connectivity index (χ0) is 28.5. The number of hydrogen-bond acceptors (Lipinski definition) is 6. The lowest BCUT2D eigenvalue weighted by atomic mass is 9.82. The Morgan fingerprint density at radius 1 is 1.18 bits per heavy atom. The quantitative estimate of drug-likeness (QED) is 0.211. The van der Waals surface area contributed by atoms with Gasteiger partial charge in [0.25, 0.3) is 0 Å². The van der Waals surface area contributed by atoms with Gasteiger partial charge in [-0.15, -0.1) is 0 Å². The number of allylic oxidation sites excluding steroid dienone is 2. The van der Waals surface area contributed by atoms with Crippen LogP contribution in [-0.2, 0) is 9.47 Å². The third-order valence-corrected chi connectivity index (χ3v) is 8.11. The second-order valence-electron chi connectivity index (χ2n) is 10.8. The molecule has 8 heteroatoms. The van der Waals surface area contributed by atoms with E-state index in [0.717, 1.165) is 38.9 Å². The molecule has 1 aliphatic carbocycles. The molecule has 1 aliphatic heterocycles. The summed E-state index contributed by atoms with van der Waals surface area (Å²) < 4.78 is 26.5. The van der Waals surface area contributed by atoms with Crippen LogP contribution in [0.2, 0.25) is 5.02 Å². The molecule has 0 saturated carbocycles. The number of nitrogens with zero attached hydrogens (tertiary/aromatic N) is 1. The van der Waals surface area contributed by atoms with Gasteiger partial charge >= 0.3 is 0 Å². The maximum Gasteiger partial charge on any atom is 0.194 e. The van der Waals surface area contributed by atoms with E-state index in [1.165, 1.54) is 28.8 Å². The summed E-state index contributed by atoms with van der Waals surface area (Å²) in [5.74, 6) is -1.41. The summed E-state index contributed by atoms with van der Waals surface area (Å²) in [4.78, 5) is 2.28. The van der Waals surface area contributed by atoms with Crippen LogP contribution in [0.5, 0.6) is 0 Å². The van der Waals surface area contributed by atoms with Gasteiger partial charge in [-0.05, 0) is 73.2 Å². The molecule has 4 rings (SSSR count). The van der Waals surface area contributed by atoms with E-state index in [0.29, 0.717) is 31.9 Å². The normalized spacial score (nSPS) is 23.9. The Bertz CT molecular complexity index is 1180. The number of hydrogen-bond donors (Lipinski definition) is 3. The summed E-state index contributed by atoms with van der Waals surface area (Å²) in [6.07, 6.45) is 7.60. The molecule has 4 atom stereocenters. The first kappa shape index (κ1) is 30.8. The molecule has 3 N–H and O–H groups in total. The minimum absolute atomic E-state index is 0.00189. The second-order valence-corrected chi connectivity index (χ2v) is 11.2. The van der Waals surface area contributed by atoms with Crippen molar-refractivity contribution in [2.24, 2.45) is 5.92 Å². The SMILES string of the molecule is Cc1ccccc1C1=CC=CC(OCCCNCC(O)c2ccc(F)c(Cl)c2)(OCCCN2CC[C@@H](O)C2)C1C. The number of nitrogens with one attached hydrogen (secondary N) is 1. The van der Waals surface area contributed by atoms with Crippen LogP contribution in [0, 0.1) is 18.7 Å². The van der Waals surface area contributed by atoms with Crippen molar-refractivity contribution in [1.82, 2.24) is 10.2 Å². The zero-order valence-corrected chi connectivity index (χ0v) is 24.2. The molecule has 2 aliphatic rings. The molecule has 3 unspecified atom stereocenters. The van der Waals surface area contributed by atoms with E-state index < -0.39 is 17.7 Å². The predicted molar refractivity (Wildman–Crippen MR) is 158 cm³/mol. The van der Waals surface area contributed by atoms with Crippen molar-refractivity contribution in [1.29, 1.82) is 0 Å². The van der Waals surface area contributed by atoms with E-state index >= 15 is 0 Å². The molecule has 218 valence electrons. The fourth-order valence-electron chi connectivity index (χ4n) is 5.44. The van der Waals surface area contributed by atoms with Gasteiger partial charge in [0.15, 0.2) is 5.79 Å². The molecule has 6 nitrogen and oxygen atoms in total. The van der Waals surface area contributed by atoms with Crippen molar-refractivity contribution < 1.29 is 24.1 Å². The van der Waals surface area contributed by atoms with E-state index in [2.05, 4.69) is 48.3 Å². The molecule has 1 saturated heterocycles.